The van der Waals surface area contributed by atoms with Gasteiger partial charge in [0.05, 0.1) is 25.2 Å². The van der Waals surface area contributed by atoms with Gasteiger partial charge in [0.15, 0.2) is 0 Å². The summed E-state index contributed by atoms with van der Waals surface area (Å²) in [5.74, 6) is 2.21. The van der Waals surface area contributed by atoms with Gasteiger partial charge in [-0.3, -0.25) is 4.79 Å². The van der Waals surface area contributed by atoms with Crippen LogP contribution in [0.3, 0.4) is 0 Å². The van der Waals surface area contributed by atoms with E-state index in [9.17, 15) is 9.59 Å². The number of methoxy groups -OCH3 is 1. The molecule has 98 valence electrons. The van der Waals surface area contributed by atoms with Gasteiger partial charge < -0.3 is 14.2 Å². The molecule has 0 amide bonds. The van der Waals surface area contributed by atoms with Crippen LogP contribution in [0.25, 0.3) is 0 Å². The first-order valence-corrected chi connectivity index (χ1v) is 5.49. The molecule has 1 heterocycles. The molecule has 0 aliphatic carbocycles. The smallest absolute Gasteiger partial charge is 0.333 e. The first-order chi connectivity index (χ1) is 8.51. The summed E-state index contributed by atoms with van der Waals surface area (Å²) in [5, 5.41) is 0. The Hall–Kier alpha value is -1.96. The van der Waals surface area contributed by atoms with Gasteiger partial charge in [-0.2, -0.15) is 0 Å². The predicted molar refractivity (Wildman–Crippen MR) is 63.2 cm³/mol. The van der Waals surface area contributed by atoms with E-state index in [4.69, 9.17) is 15.9 Å². The van der Waals surface area contributed by atoms with E-state index in [0.29, 0.717) is 25.2 Å². The summed E-state index contributed by atoms with van der Waals surface area (Å²) in [6.07, 6.45) is 7.47. The molecule has 1 unspecified atom stereocenters. The number of carbonyl (C=O) groups excluding carboxylic acids is 2. The van der Waals surface area contributed by atoms with Crippen LogP contribution >= 0.6 is 0 Å². The number of allylic oxidation sites excluding steroid dienone is 1. The van der Waals surface area contributed by atoms with Crippen molar-refractivity contribution in [2.24, 2.45) is 5.41 Å². The molecule has 1 saturated heterocycles. The van der Waals surface area contributed by atoms with Crippen LogP contribution in [-0.2, 0) is 23.8 Å². The maximum atomic E-state index is 11.1. The molecular formula is C13H16O5. The molecule has 0 N–H and O–H groups in total. The zero-order valence-corrected chi connectivity index (χ0v) is 10.5. The summed E-state index contributed by atoms with van der Waals surface area (Å²) < 4.78 is 14.9. The largest absolute Gasteiger partial charge is 0.497 e. The average molecular weight is 252 g/mol. The lowest BCUT2D eigenvalue weighted by atomic mass is 9.84. The van der Waals surface area contributed by atoms with Crippen molar-refractivity contribution in [2.45, 2.75) is 19.8 Å². The second-order valence-corrected chi connectivity index (χ2v) is 4.26. The highest BCUT2D eigenvalue weighted by molar-refractivity contribution is 5.82. The number of terminal acetylenes is 1. The summed E-state index contributed by atoms with van der Waals surface area (Å²) in [6, 6.07) is 0. The normalized spacial score (nSPS) is 24.2. The summed E-state index contributed by atoms with van der Waals surface area (Å²) in [7, 11) is 1.29. The quantitative estimate of drug-likeness (QED) is 0.425. The Bertz CT molecular complexity index is 404. The second-order valence-electron chi connectivity index (χ2n) is 4.26. The molecule has 5 heteroatoms. The molecular weight excluding hydrogens is 236 g/mol. The monoisotopic (exact) mass is 252 g/mol. The molecule has 1 atom stereocenters. The first kappa shape index (κ1) is 14.1. The van der Waals surface area contributed by atoms with Crippen LogP contribution < -0.4 is 0 Å². The summed E-state index contributed by atoms with van der Waals surface area (Å²) in [6.45, 7) is 1.85. The van der Waals surface area contributed by atoms with Crippen molar-refractivity contribution in [1.29, 1.82) is 0 Å². The molecule has 1 aliphatic rings. The van der Waals surface area contributed by atoms with Gasteiger partial charge in [-0.15, -0.1) is 12.3 Å². The lowest BCUT2D eigenvalue weighted by molar-refractivity contribution is -0.144. The molecule has 0 aromatic rings. The van der Waals surface area contributed by atoms with Crippen molar-refractivity contribution in [1.82, 2.24) is 0 Å². The van der Waals surface area contributed by atoms with Gasteiger partial charge in [-0.1, -0.05) is 0 Å². The van der Waals surface area contributed by atoms with Crippen molar-refractivity contribution < 1.29 is 23.8 Å². The van der Waals surface area contributed by atoms with E-state index in [1.807, 2.05) is 0 Å². The van der Waals surface area contributed by atoms with Crippen molar-refractivity contribution in [3.8, 4) is 12.3 Å². The SMILES string of the molecule is C#CCC1(COC(C)=O)CO/C(=C\C(=O)OC)C1. The molecule has 5 nitrogen and oxygen atoms in total. The highest BCUT2D eigenvalue weighted by Crippen LogP contribution is 2.38. The van der Waals surface area contributed by atoms with Crippen LogP contribution in [0.4, 0.5) is 0 Å². The molecule has 1 fully saturated rings. The van der Waals surface area contributed by atoms with Crippen LogP contribution in [0.1, 0.15) is 19.8 Å². The standard InChI is InChI=1S/C13H16O5/c1-4-5-13(8-17-10(2)14)7-11(18-9-13)6-12(15)16-3/h1,6H,5,7-9H2,2-3H3/b11-6-. The van der Waals surface area contributed by atoms with Crippen molar-refractivity contribution in [3.63, 3.8) is 0 Å². The molecule has 0 aromatic heterocycles. The van der Waals surface area contributed by atoms with E-state index in [0.717, 1.165) is 0 Å². The zero-order chi connectivity index (χ0) is 13.6. The van der Waals surface area contributed by atoms with Crippen LogP contribution in [0, 0.1) is 17.8 Å². The van der Waals surface area contributed by atoms with Crippen LogP contribution in [-0.4, -0.2) is 32.3 Å². The maximum Gasteiger partial charge on any atom is 0.333 e. The molecule has 0 aromatic carbocycles. The number of hydrogen-bond donors (Lipinski definition) is 0. The van der Waals surface area contributed by atoms with Crippen LogP contribution in [0.5, 0.6) is 0 Å². The Labute approximate surface area is 106 Å². The Balaban J connectivity index is 2.72. The fourth-order valence-corrected chi connectivity index (χ4v) is 1.73. The number of ether oxygens (including phenoxy) is 3. The highest BCUT2D eigenvalue weighted by Gasteiger charge is 2.39. The molecule has 0 spiro atoms. The summed E-state index contributed by atoms with van der Waals surface area (Å²) in [5.41, 5.74) is -0.444. The van der Waals surface area contributed by atoms with E-state index in [1.165, 1.54) is 20.1 Å². The highest BCUT2D eigenvalue weighted by atomic mass is 16.5. The zero-order valence-electron chi connectivity index (χ0n) is 10.5. The van der Waals surface area contributed by atoms with Crippen LogP contribution in [0.2, 0.25) is 0 Å². The number of hydrogen-bond acceptors (Lipinski definition) is 5. The van der Waals surface area contributed by atoms with Gasteiger partial charge in [-0.05, 0) is 0 Å². The molecule has 0 radical (unpaired) electrons. The minimum Gasteiger partial charge on any atom is -0.497 e. The van der Waals surface area contributed by atoms with Crippen LogP contribution in [0.15, 0.2) is 11.8 Å². The van der Waals surface area contributed by atoms with Gasteiger partial charge in [-0.25, -0.2) is 4.79 Å². The van der Waals surface area contributed by atoms with Gasteiger partial charge in [0.1, 0.15) is 12.4 Å². The van der Waals surface area contributed by atoms with E-state index >= 15 is 0 Å². The van der Waals surface area contributed by atoms with Crippen molar-refractivity contribution in [3.05, 3.63) is 11.8 Å². The summed E-state index contributed by atoms with van der Waals surface area (Å²) >= 11 is 0. The number of rotatable bonds is 4. The molecule has 18 heavy (non-hydrogen) atoms. The lowest BCUT2D eigenvalue weighted by Gasteiger charge is -2.22. The minimum absolute atomic E-state index is 0.186. The van der Waals surface area contributed by atoms with Crippen molar-refractivity contribution in [2.75, 3.05) is 20.3 Å². The Morgan fingerprint density at radius 1 is 1.61 bits per heavy atom. The van der Waals surface area contributed by atoms with E-state index in [-0.39, 0.29) is 12.6 Å². The van der Waals surface area contributed by atoms with Gasteiger partial charge >= 0.3 is 11.9 Å². The molecule has 0 saturated carbocycles. The van der Waals surface area contributed by atoms with E-state index in [2.05, 4.69) is 10.7 Å². The van der Waals surface area contributed by atoms with Gasteiger partial charge in [0.25, 0.3) is 0 Å². The van der Waals surface area contributed by atoms with E-state index in [1.54, 1.807) is 0 Å². The maximum absolute atomic E-state index is 11.1. The Kier molecular flexibility index (Phi) is 4.78. The molecule has 1 rings (SSSR count). The topological polar surface area (TPSA) is 61.8 Å². The van der Waals surface area contributed by atoms with Gasteiger partial charge in [0, 0.05) is 19.8 Å². The number of esters is 2. The van der Waals surface area contributed by atoms with E-state index < -0.39 is 11.4 Å². The molecule has 0 bridgehead atoms. The number of carbonyl (C=O) groups is 2. The fraction of sp³-hybridized carbons (Fsp3) is 0.538. The fourth-order valence-electron chi connectivity index (χ4n) is 1.73. The van der Waals surface area contributed by atoms with Crippen molar-refractivity contribution >= 4 is 11.9 Å². The Morgan fingerprint density at radius 2 is 2.33 bits per heavy atom. The predicted octanol–water partition coefficient (Wildman–Crippen LogP) is 1.04. The van der Waals surface area contributed by atoms with Gasteiger partial charge in [0.2, 0.25) is 0 Å². The second kappa shape index (κ2) is 6.10. The Morgan fingerprint density at radius 3 is 2.89 bits per heavy atom. The lowest BCUT2D eigenvalue weighted by Crippen LogP contribution is -2.28. The molecule has 1 aliphatic heterocycles. The third kappa shape index (κ3) is 3.81. The third-order valence-corrected chi connectivity index (χ3v) is 2.65. The third-order valence-electron chi connectivity index (χ3n) is 2.65. The first-order valence-electron chi connectivity index (χ1n) is 5.49. The minimum atomic E-state index is -0.478. The average Bonchev–Trinajstić information content (AvgIpc) is 2.71. The summed E-state index contributed by atoms with van der Waals surface area (Å²) in [4.78, 5) is 21.9.